The van der Waals surface area contributed by atoms with Crippen LogP contribution >= 0.6 is 0 Å². The van der Waals surface area contributed by atoms with Crippen LogP contribution in [-0.2, 0) is 9.53 Å². The van der Waals surface area contributed by atoms with Crippen molar-refractivity contribution in [3.63, 3.8) is 0 Å². The lowest BCUT2D eigenvalue weighted by Crippen LogP contribution is -2.47. The molecule has 0 amide bonds. The van der Waals surface area contributed by atoms with Crippen LogP contribution in [0.25, 0.3) is 0 Å². The highest BCUT2D eigenvalue weighted by molar-refractivity contribution is 5.73. The summed E-state index contributed by atoms with van der Waals surface area (Å²) in [7, 11) is 1.52. The van der Waals surface area contributed by atoms with E-state index in [9.17, 15) is 4.79 Å². The number of nitrogens with zero attached hydrogens (tertiary/aromatic N) is 1. The summed E-state index contributed by atoms with van der Waals surface area (Å²) >= 11 is 0. The first kappa shape index (κ1) is 13.4. The zero-order valence-electron chi connectivity index (χ0n) is 10.1. The molecular formula is C11H22N2O3. The number of carbonyl (C=O) groups is 1. The minimum Gasteiger partial charge on any atom is -0.480 e. The molecule has 0 spiro atoms. The maximum absolute atomic E-state index is 10.9. The van der Waals surface area contributed by atoms with Crippen molar-refractivity contribution in [3.8, 4) is 0 Å². The molecule has 1 aliphatic heterocycles. The number of likely N-dealkylation sites (tertiary alicyclic amines) is 1. The van der Waals surface area contributed by atoms with Gasteiger partial charge in [0.15, 0.2) is 0 Å². The van der Waals surface area contributed by atoms with Gasteiger partial charge in [-0.15, -0.1) is 0 Å². The molecule has 1 saturated heterocycles. The molecule has 5 heteroatoms. The van der Waals surface area contributed by atoms with E-state index in [4.69, 9.17) is 9.84 Å². The fraction of sp³-hybridized carbons (Fsp3) is 0.909. The summed E-state index contributed by atoms with van der Waals surface area (Å²) in [5.74, 6) is -0.851. The van der Waals surface area contributed by atoms with Crippen LogP contribution in [0.1, 0.15) is 19.8 Å². The van der Waals surface area contributed by atoms with E-state index < -0.39 is 12.0 Å². The average molecular weight is 230 g/mol. The normalized spacial score (nSPS) is 20.9. The third-order valence-electron chi connectivity index (χ3n) is 3.06. The van der Waals surface area contributed by atoms with E-state index in [1.165, 1.54) is 20.0 Å². The molecule has 1 heterocycles. The summed E-state index contributed by atoms with van der Waals surface area (Å²) in [6.45, 7) is 5.29. The standard InChI is InChI=1S/C11H22N2O3/c1-9(13-5-3-4-6-13)7-12-10(8-16-2)11(14)15/h9-10,12H,3-8H2,1-2H3,(H,14,15). The third kappa shape index (κ3) is 4.08. The van der Waals surface area contributed by atoms with E-state index in [0.29, 0.717) is 12.6 Å². The summed E-state index contributed by atoms with van der Waals surface area (Å²) in [6.07, 6.45) is 2.51. The second-order valence-corrected chi connectivity index (χ2v) is 4.35. The number of methoxy groups -OCH3 is 1. The number of hydrogen-bond donors (Lipinski definition) is 2. The van der Waals surface area contributed by atoms with E-state index in [0.717, 1.165) is 13.1 Å². The number of aliphatic carboxylic acids is 1. The molecule has 94 valence electrons. The Morgan fingerprint density at radius 1 is 1.50 bits per heavy atom. The van der Waals surface area contributed by atoms with Gasteiger partial charge >= 0.3 is 5.97 Å². The third-order valence-corrected chi connectivity index (χ3v) is 3.06. The van der Waals surface area contributed by atoms with Crippen molar-refractivity contribution >= 4 is 5.97 Å². The largest absolute Gasteiger partial charge is 0.480 e. The predicted octanol–water partition coefficient (Wildman–Crippen LogP) is 0.160. The lowest BCUT2D eigenvalue weighted by atomic mass is 10.2. The summed E-state index contributed by atoms with van der Waals surface area (Å²) in [5, 5.41) is 12.0. The monoisotopic (exact) mass is 230 g/mol. The number of nitrogens with one attached hydrogen (secondary N) is 1. The van der Waals surface area contributed by atoms with Crippen molar-refractivity contribution in [2.24, 2.45) is 0 Å². The summed E-state index contributed by atoms with van der Waals surface area (Å²) in [4.78, 5) is 13.3. The molecule has 5 nitrogen and oxygen atoms in total. The van der Waals surface area contributed by atoms with Crippen molar-refractivity contribution in [3.05, 3.63) is 0 Å². The average Bonchev–Trinajstić information content (AvgIpc) is 2.76. The molecule has 0 aromatic rings. The smallest absolute Gasteiger partial charge is 0.323 e. The lowest BCUT2D eigenvalue weighted by molar-refractivity contribution is -0.140. The van der Waals surface area contributed by atoms with E-state index in [1.807, 2.05) is 0 Å². The first-order valence-corrected chi connectivity index (χ1v) is 5.84. The van der Waals surface area contributed by atoms with Crippen LogP contribution in [0.5, 0.6) is 0 Å². The Morgan fingerprint density at radius 2 is 2.12 bits per heavy atom. The van der Waals surface area contributed by atoms with Crippen LogP contribution in [0.3, 0.4) is 0 Å². The van der Waals surface area contributed by atoms with Crippen LogP contribution in [0.2, 0.25) is 0 Å². The molecule has 0 saturated carbocycles. The number of rotatable bonds is 7. The molecule has 0 aliphatic carbocycles. The van der Waals surface area contributed by atoms with Crippen molar-refractivity contribution in [2.45, 2.75) is 31.8 Å². The fourth-order valence-electron chi connectivity index (χ4n) is 2.01. The van der Waals surface area contributed by atoms with Gasteiger partial charge < -0.3 is 15.2 Å². The van der Waals surface area contributed by atoms with Gasteiger partial charge in [-0.3, -0.25) is 9.69 Å². The van der Waals surface area contributed by atoms with Crippen molar-refractivity contribution < 1.29 is 14.6 Å². The number of ether oxygens (including phenoxy) is 1. The van der Waals surface area contributed by atoms with Gasteiger partial charge in [-0.05, 0) is 32.9 Å². The van der Waals surface area contributed by atoms with Gasteiger partial charge in [-0.2, -0.15) is 0 Å². The Bertz CT molecular complexity index is 217. The quantitative estimate of drug-likeness (QED) is 0.652. The maximum Gasteiger partial charge on any atom is 0.323 e. The molecule has 2 unspecified atom stereocenters. The Morgan fingerprint density at radius 3 is 2.62 bits per heavy atom. The second kappa shape index (κ2) is 6.83. The van der Waals surface area contributed by atoms with Crippen LogP contribution in [-0.4, -0.2) is 61.4 Å². The minimum atomic E-state index is -0.851. The molecule has 1 aliphatic rings. The van der Waals surface area contributed by atoms with E-state index >= 15 is 0 Å². The molecule has 1 fully saturated rings. The van der Waals surface area contributed by atoms with Gasteiger partial charge in [-0.1, -0.05) is 0 Å². The van der Waals surface area contributed by atoms with E-state index in [2.05, 4.69) is 17.1 Å². The summed E-state index contributed by atoms with van der Waals surface area (Å²) < 4.78 is 4.87. The summed E-state index contributed by atoms with van der Waals surface area (Å²) in [5.41, 5.74) is 0. The van der Waals surface area contributed by atoms with E-state index in [1.54, 1.807) is 0 Å². The van der Waals surface area contributed by atoms with Gasteiger partial charge in [0.2, 0.25) is 0 Å². The highest BCUT2D eigenvalue weighted by Crippen LogP contribution is 2.10. The molecule has 2 atom stereocenters. The van der Waals surface area contributed by atoms with Crippen molar-refractivity contribution in [2.75, 3.05) is 33.4 Å². The highest BCUT2D eigenvalue weighted by atomic mass is 16.5. The number of hydrogen-bond acceptors (Lipinski definition) is 4. The predicted molar refractivity (Wildman–Crippen MR) is 61.6 cm³/mol. The van der Waals surface area contributed by atoms with E-state index in [-0.39, 0.29) is 6.61 Å². The molecule has 2 N–H and O–H groups in total. The summed E-state index contributed by atoms with van der Waals surface area (Å²) in [6, 6.07) is -0.212. The molecule has 0 bridgehead atoms. The topological polar surface area (TPSA) is 61.8 Å². The molecular weight excluding hydrogens is 208 g/mol. The maximum atomic E-state index is 10.9. The zero-order valence-corrected chi connectivity index (χ0v) is 10.1. The number of carboxylic acids is 1. The first-order chi connectivity index (χ1) is 7.65. The van der Waals surface area contributed by atoms with Crippen molar-refractivity contribution in [1.82, 2.24) is 10.2 Å². The van der Waals surface area contributed by atoms with Crippen LogP contribution in [0, 0.1) is 0 Å². The Kier molecular flexibility index (Phi) is 5.73. The Hall–Kier alpha value is -0.650. The molecule has 1 rings (SSSR count). The fourth-order valence-corrected chi connectivity index (χ4v) is 2.01. The van der Waals surface area contributed by atoms with Gasteiger partial charge in [0.05, 0.1) is 6.61 Å². The van der Waals surface area contributed by atoms with Crippen LogP contribution in [0.4, 0.5) is 0 Å². The van der Waals surface area contributed by atoms with Crippen molar-refractivity contribution in [1.29, 1.82) is 0 Å². The first-order valence-electron chi connectivity index (χ1n) is 5.84. The lowest BCUT2D eigenvalue weighted by Gasteiger charge is -2.25. The van der Waals surface area contributed by atoms with Crippen LogP contribution in [0.15, 0.2) is 0 Å². The van der Waals surface area contributed by atoms with Gasteiger partial charge in [0.1, 0.15) is 6.04 Å². The minimum absolute atomic E-state index is 0.210. The second-order valence-electron chi connectivity index (χ2n) is 4.35. The molecule has 0 radical (unpaired) electrons. The van der Waals surface area contributed by atoms with Gasteiger partial charge in [0.25, 0.3) is 0 Å². The van der Waals surface area contributed by atoms with Gasteiger partial charge in [-0.25, -0.2) is 0 Å². The zero-order chi connectivity index (χ0) is 12.0. The van der Waals surface area contributed by atoms with Crippen LogP contribution < -0.4 is 5.32 Å². The highest BCUT2D eigenvalue weighted by Gasteiger charge is 2.21. The Balaban J connectivity index is 2.27. The molecule has 0 aromatic carbocycles. The van der Waals surface area contributed by atoms with Gasteiger partial charge in [0, 0.05) is 19.7 Å². The molecule has 16 heavy (non-hydrogen) atoms. The number of carboxylic acid groups (broad SMARTS) is 1. The molecule has 0 aromatic heterocycles. The SMILES string of the molecule is COCC(NCC(C)N1CCCC1)C(=O)O. The Labute approximate surface area is 96.8 Å².